The average Bonchev–Trinajstić information content (AvgIpc) is 3.22. The van der Waals surface area contributed by atoms with Crippen LogP contribution < -0.4 is 10.6 Å². The summed E-state index contributed by atoms with van der Waals surface area (Å²) in [6.07, 6.45) is 1.76. The van der Waals surface area contributed by atoms with Crippen LogP contribution in [0.1, 0.15) is 18.4 Å². The molecule has 1 heterocycles. The van der Waals surface area contributed by atoms with E-state index in [1.165, 1.54) is 16.4 Å². The largest absolute Gasteiger partial charge is 0.344 e. The molecule has 148 valence electrons. The van der Waals surface area contributed by atoms with Crippen molar-refractivity contribution >= 4 is 43.5 Å². The lowest BCUT2D eigenvalue weighted by molar-refractivity contribution is -0.136. The van der Waals surface area contributed by atoms with E-state index >= 15 is 0 Å². The average molecular weight is 466 g/mol. The van der Waals surface area contributed by atoms with Gasteiger partial charge in [-0.05, 0) is 48.7 Å². The lowest BCUT2D eigenvalue weighted by Crippen LogP contribution is -2.35. The number of amides is 2. The van der Waals surface area contributed by atoms with Gasteiger partial charge in [0.1, 0.15) is 0 Å². The molecule has 7 nitrogen and oxygen atoms in total. The molecule has 1 aliphatic heterocycles. The molecule has 0 saturated carbocycles. The number of nitrogens with one attached hydrogen (secondary N) is 2. The second-order valence-electron chi connectivity index (χ2n) is 6.40. The van der Waals surface area contributed by atoms with E-state index in [2.05, 4.69) is 26.6 Å². The molecule has 2 amide bonds. The highest BCUT2D eigenvalue weighted by Crippen LogP contribution is 2.21. The molecule has 0 aromatic heterocycles. The van der Waals surface area contributed by atoms with Crippen molar-refractivity contribution in [1.29, 1.82) is 0 Å². The fraction of sp³-hybridized carbons (Fsp3) is 0.263. The summed E-state index contributed by atoms with van der Waals surface area (Å²) in [4.78, 5) is 24.2. The zero-order valence-electron chi connectivity index (χ0n) is 15.0. The Kier molecular flexibility index (Phi) is 6.48. The molecule has 2 aromatic rings. The number of carbonyl (C=O) groups is 2. The Morgan fingerprint density at radius 3 is 2.32 bits per heavy atom. The first-order valence-electron chi connectivity index (χ1n) is 8.80. The summed E-state index contributed by atoms with van der Waals surface area (Å²) in [6, 6.07) is 13.2. The Balaban J connectivity index is 1.55. The topological polar surface area (TPSA) is 95.6 Å². The quantitative estimate of drug-likeness (QED) is 0.662. The Hall–Kier alpha value is -2.23. The molecule has 1 aliphatic rings. The third kappa shape index (κ3) is 4.98. The number of rotatable bonds is 5. The number of halogens is 1. The molecule has 2 N–H and O–H groups in total. The molecule has 9 heteroatoms. The van der Waals surface area contributed by atoms with Gasteiger partial charge in [0, 0.05) is 29.8 Å². The number of sulfonamides is 1. The van der Waals surface area contributed by atoms with Gasteiger partial charge in [0.15, 0.2) is 0 Å². The van der Waals surface area contributed by atoms with Crippen molar-refractivity contribution < 1.29 is 18.0 Å². The molecule has 1 fully saturated rings. The van der Waals surface area contributed by atoms with Crippen molar-refractivity contribution in [1.82, 2.24) is 9.62 Å². The number of hydrogen-bond acceptors (Lipinski definition) is 4. The lowest BCUT2D eigenvalue weighted by atomic mass is 10.2. The maximum atomic E-state index is 12.5. The summed E-state index contributed by atoms with van der Waals surface area (Å²) >= 11 is 3.29. The summed E-state index contributed by atoms with van der Waals surface area (Å²) in [6.45, 7) is 1.22. The first kappa shape index (κ1) is 20.5. The zero-order valence-corrected chi connectivity index (χ0v) is 17.4. The van der Waals surface area contributed by atoms with Crippen LogP contribution in [0.25, 0.3) is 0 Å². The third-order valence-corrected chi connectivity index (χ3v) is 6.77. The highest BCUT2D eigenvalue weighted by Gasteiger charge is 2.26. The second kappa shape index (κ2) is 8.85. The molecule has 1 saturated heterocycles. The molecule has 0 bridgehead atoms. The highest BCUT2D eigenvalue weighted by molar-refractivity contribution is 9.10. The molecular weight excluding hydrogens is 446 g/mol. The number of anilines is 1. The van der Waals surface area contributed by atoms with Gasteiger partial charge in [0.2, 0.25) is 10.0 Å². The van der Waals surface area contributed by atoms with Gasteiger partial charge in [0.25, 0.3) is 0 Å². The molecule has 0 radical (unpaired) electrons. The summed E-state index contributed by atoms with van der Waals surface area (Å²) in [5, 5.41) is 5.04. The van der Waals surface area contributed by atoms with E-state index in [9.17, 15) is 18.0 Å². The van der Waals surface area contributed by atoms with E-state index in [-0.39, 0.29) is 11.4 Å². The van der Waals surface area contributed by atoms with Gasteiger partial charge in [-0.15, -0.1) is 0 Å². The van der Waals surface area contributed by atoms with Crippen molar-refractivity contribution in [3.8, 4) is 0 Å². The number of nitrogens with zero attached hydrogens (tertiary/aromatic N) is 1. The van der Waals surface area contributed by atoms with Crippen LogP contribution in [0.15, 0.2) is 57.9 Å². The maximum Gasteiger partial charge on any atom is 0.313 e. The first-order chi connectivity index (χ1) is 13.4. The van der Waals surface area contributed by atoms with Gasteiger partial charge < -0.3 is 10.6 Å². The van der Waals surface area contributed by atoms with E-state index in [1.807, 2.05) is 6.07 Å². The lowest BCUT2D eigenvalue weighted by Gasteiger charge is -2.15. The van der Waals surface area contributed by atoms with Crippen LogP contribution in [0.2, 0.25) is 0 Å². The molecule has 0 atom stereocenters. The van der Waals surface area contributed by atoms with Gasteiger partial charge in [0.05, 0.1) is 4.90 Å². The molecule has 3 rings (SSSR count). The van der Waals surface area contributed by atoms with Crippen LogP contribution >= 0.6 is 15.9 Å². The second-order valence-corrected chi connectivity index (χ2v) is 9.26. The highest BCUT2D eigenvalue weighted by atomic mass is 79.9. The summed E-state index contributed by atoms with van der Waals surface area (Å²) in [5.74, 6) is -1.54. The number of benzene rings is 2. The first-order valence-corrected chi connectivity index (χ1v) is 11.0. The Bertz CT molecular complexity index is 971. The van der Waals surface area contributed by atoms with E-state index in [1.54, 1.807) is 30.3 Å². The maximum absolute atomic E-state index is 12.5. The van der Waals surface area contributed by atoms with E-state index < -0.39 is 21.8 Å². The molecule has 0 spiro atoms. The monoisotopic (exact) mass is 465 g/mol. The predicted octanol–water partition coefficient (Wildman–Crippen LogP) is 2.49. The van der Waals surface area contributed by atoms with Crippen molar-refractivity contribution in [3.63, 3.8) is 0 Å². The van der Waals surface area contributed by atoms with Gasteiger partial charge in [-0.1, -0.05) is 34.1 Å². The smallest absolute Gasteiger partial charge is 0.313 e. The molecular formula is C19H20BrN3O4S. The van der Waals surface area contributed by atoms with E-state index in [0.29, 0.717) is 24.3 Å². The van der Waals surface area contributed by atoms with E-state index in [4.69, 9.17) is 0 Å². The van der Waals surface area contributed by atoms with Crippen LogP contribution in [0.4, 0.5) is 5.69 Å². The Morgan fingerprint density at radius 1 is 1.00 bits per heavy atom. The van der Waals surface area contributed by atoms with Gasteiger partial charge in [-0.2, -0.15) is 4.31 Å². The molecule has 0 unspecified atom stereocenters. The Morgan fingerprint density at radius 2 is 1.68 bits per heavy atom. The van der Waals surface area contributed by atoms with Crippen LogP contribution in [0.5, 0.6) is 0 Å². The van der Waals surface area contributed by atoms with Crippen LogP contribution in [0, 0.1) is 0 Å². The van der Waals surface area contributed by atoms with Crippen molar-refractivity contribution in [3.05, 3.63) is 58.6 Å². The van der Waals surface area contributed by atoms with E-state index in [0.717, 1.165) is 17.3 Å². The summed E-state index contributed by atoms with van der Waals surface area (Å²) in [5.41, 5.74) is 1.20. The van der Waals surface area contributed by atoms with Crippen molar-refractivity contribution in [2.24, 2.45) is 0 Å². The van der Waals surface area contributed by atoms with Crippen LogP contribution in [-0.2, 0) is 26.2 Å². The minimum absolute atomic E-state index is 0.120. The minimum Gasteiger partial charge on any atom is -0.344 e. The standard InChI is InChI=1S/C19H20BrN3O4S/c20-15-4-3-5-16(12-15)22-19(25)18(24)21-13-14-6-8-17(9-7-14)28(26,27)23-10-1-2-11-23/h3-9,12H,1-2,10-11,13H2,(H,21,24)(H,22,25). The van der Waals surface area contributed by atoms with Crippen molar-refractivity contribution in [2.45, 2.75) is 24.3 Å². The fourth-order valence-corrected chi connectivity index (χ4v) is 4.79. The number of carbonyl (C=O) groups excluding carboxylic acids is 2. The predicted molar refractivity (Wildman–Crippen MR) is 109 cm³/mol. The molecule has 0 aliphatic carbocycles. The third-order valence-electron chi connectivity index (χ3n) is 4.37. The molecule has 28 heavy (non-hydrogen) atoms. The van der Waals surface area contributed by atoms with Gasteiger partial charge in [-0.25, -0.2) is 8.42 Å². The van der Waals surface area contributed by atoms with Crippen LogP contribution in [-0.4, -0.2) is 37.6 Å². The molecule has 2 aromatic carbocycles. The minimum atomic E-state index is -3.46. The zero-order chi connectivity index (χ0) is 20.1. The van der Waals surface area contributed by atoms with Gasteiger partial charge >= 0.3 is 11.8 Å². The summed E-state index contributed by atoms with van der Waals surface area (Å²) < 4.78 is 27.3. The SMILES string of the molecule is O=C(NCc1ccc(S(=O)(=O)N2CCCC2)cc1)C(=O)Nc1cccc(Br)c1. The van der Waals surface area contributed by atoms with Crippen LogP contribution in [0.3, 0.4) is 0 Å². The van der Waals surface area contributed by atoms with Crippen molar-refractivity contribution in [2.75, 3.05) is 18.4 Å². The summed E-state index contributed by atoms with van der Waals surface area (Å²) in [7, 11) is -3.46. The normalized spacial score (nSPS) is 14.6. The Labute approximate surface area is 172 Å². The number of hydrogen-bond donors (Lipinski definition) is 2. The fourth-order valence-electron chi connectivity index (χ4n) is 2.87. The van der Waals surface area contributed by atoms with Gasteiger partial charge in [-0.3, -0.25) is 9.59 Å².